The Hall–Kier alpha value is -0.680. The zero-order chi connectivity index (χ0) is 13.1. The first-order chi connectivity index (χ1) is 8.61. The van der Waals surface area contributed by atoms with Crippen LogP contribution >= 0.6 is 31.9 Å². The molecule has 94 valence electrons. The molecule has 3 N–H and O–H groups in total. The van der Waals surface area contributed by atoms with Gasteiger partial charge in [-0.15, -0.1) is 0 Å². The molecule has 0 spiro atoms. The highest BCUT2D eigenvalue weighted by molar-refractivity contribution is 9.11. The maximum atomic E-state index is 5.71. The maximum absolute atomic E-state index is 5.71. The zero-order valence-electron chi connectivity index (χ0n) is 9.95. The molecule has 0 saturated carbocycles. The molecule has 0 saturated heterocycles. The second kappa shape index (κ2) is 5.97. The standard InChI is InChI=1S/C14H14Br2N2/c1-9-2-4-10(5-3-9)14(18-17)12-8-11(15)6-7-13(12)16/h2-8,14,18H,17H2,1H3. The number of halogens is 2. The number of hydrogen-bond acceptors (Lipinski definition) is 2. The summed E-state index contributed by atoms with van der Waals surface area (Å²) in [7, 11) is 0. The fourth-order valence-corrected chi connectivity index (χ4v) is 2.71. The van der Waals surface area contributed by atoms with Crippen LogP contribution in [0, 0.1) is 6.92 Å². The van der Waals surface area contributed by atoms with Gasteiger partial charge in [0.05, 0.1) is 6.04 Å². The van der Waals surface area contributed by atoms with Gasteiger partial charge in [-0.25, -0.2) is 5.43 Å². The van der Waals surface area contributed by atoms with Crippen molar-refractivity contribution in [3.63, 3.8) is 0 Å². The number of hydrazine groups is 1. The number of benzene rings is 2. The topological polar surface area (TPSA) is 38.0 Å². The van der Waals surface area contributed by atoms with E-state index in [0.717, 1.165) is 20.1 Å². The van der Waals surface area contributed by atoms with E-state index in [4.69, 9.17) is 5.84 Å². The smallest absolute Gasteiger partial charge is 0.0721 e. The number of nitrogens with two attached hydrogens (primary N) is 1. The molecule has 0 aliphatic carbocycles. The first kappa shape index (κ1) is 13.7. The number of aryl methyl sites for hydroxylation is 1. The summed E-state index contributed by atoms with van der Waals surface area (Å²) in [5, 5.41) is 0. The molecule has 18 heavy (non-hydrogen) atoms. The van der Waals surface area contributed by atoms with Crippen molar-refractivity contribution in [2.45, 2.75) is 13.0 Å². The Balaban J connectivity index is 2.44. The Morgan fingerprint density at radius 1 is 1.06 bits per heavy atom. The van der Waals surface area contributed by atoms with Crippen LogP contribution in [-0.2, 0) is 0 Å². The lowest BCUT2D eigenvalue weighted by molar-refractivity contribution is 0.634. The van der Waals surface area contributed by atoms with Gasteiger partial charge < -0.3 is 0 Å². The molecule has 4 heteroatoms. The van der Waals surface area contributed by atoms with Crippen LogP contribution in [0.3, 0.4) is 0 Å². The highest BCUT2D eigenvalue weighted by Gasteiger charge is 2.15. The number of rotatable bonds is 3. The van der Waals surface area contributed by atoms with Gasteiger partial charge in [-0.05, 0) is 36.2 Å². The molecule has 1 atom stereocenters. The molecule has 0 aromatic heterocycles. The van der Waals surface area contributed by atoms with Crippen LogP contribution in [0.25, 0.3) is 0 Å². The van der Waals surface area contributed by atoms with Gasteiger partial charge in [0, 0.05) is 8.95 Å². The first-order valence-corrected chi connectivity index (χ1v) is 7.18. The Bertz CT molecular complexity index is 538. The Morgan fingerprint density at radius 3 is 2.33 bits per heavy atom. The van der Waals surface area contributed by atoms with Gasteiger partial charge >= 0.3 is 0 Å². The second-order valence-electron chi connectivity index (χ2n) is 4.18. The predicted octanol–water partition coefficient (Wildman–Crippen LogP) is 4.07. The average molecular weight is 370 g/mol. The molecule has 2 aromatic rings. The van der Waals surface area contributed by atoms with Crippen LogP contribution in [0.5, 0.6) is 0 Å². The minimum atomic E-state index is -0.0301. The third-order valence-electron chi connectivity index (χ3n) is 2.85. The molecule has 2 nitrogen and oxygen atoms in total. The van der Waals surface area contributed by atoms with E-state index in [0.29, 0.717) is 0 Å². The predicted molar refractivity (Wildman–Crippen MR) is 82.2 cm³/mol. The van der Waals surface area contributed by atoms with Gasteiger partial charge in [-0.1, -0.05) is 61.7 Å². The third kappa shape index (κ3) is 3.01. The lowest BCUT2D eigenvalue weighted by Crippen LogP contribution is -2.29. The van der Waals surface area contributed by atoms with Gasteiger partial charge in [0.1, 0.15) is 0 Å². The summed E-state index contributed by atoms with van der Waals surface area (Å²) in [4.78, 5) is 0. The highest BCUT2D eigenvalue weighted by atomic mass is 79.9. The molecule has 0 amide bonds. The van der Waals surface area contributed by atoms with Crippen molar-refractivity contribution in [1.29, 1.82) is 0 Å². The summed E-state index contributed by atoms with van der Waals surface area (Å²) in [6, 6.07) is 14.4. The minimum Gasteiger partial charge on any atom is -0.271 e. The first-order valence-electron chi connectivity index (χ1n) is 5.59. The molecule has 0 aliphatic rings. The molecular weight excluding hydrogens is 356 g/mol. The molecule has 0 radical (unpaired) electrons. The summed E-state index contributed by atoms with van der Waals surface area (Å²) in [6.07, 6.45) is 0. The number of nitrogens with one attached hydrogen (secondary N) is 1. The largest absolute Gasteiger partial charge is 0.271 e. The number of hydrogen-bond donors (Lipinski definition) is 2. The minimum absolute atomic E-state index is 0.0301. The second-order valence-corrected chi connectivity index (χ2v) is 5.95. The van der Waals surface area contributed by atoms with Crippen LogP contribution in [0.4, 0.5) is 0 Å². The van der Waals surface area contributed by atoms with E-state index >= 15 is 0 Å². The monoisotopic (exact) mass is 368 g/mol. The Labute approximate surface area is 124 Å². The van der Waals surface area contributed by atoms with Crippen LogP contribution in [0.1, 0.15) is 22.7 Å². The Kier molecular flexibility index (Phi) is 4.56. The van der Waals surface area contributed by atoms with E-state index in [2.05, 4.69) is 74.5 Å². The van der Waals surface area contributed by atoms with Crippen molar-refractivity contribution in [2.24, 2.45) is 5.84 Å². The van der Waals surface area contributed by atoms with Crippen LogP contribution < -0.4 is 11.3 Å². The molecular formula is C14H14Br2N2. The van der Waals surface area contributed by atoms with Gasteiger partial charge in [-0.3, -0.25) is 5.84 Å². The quantitative estimate of drug-likeness (QED) is 0.632. The highest BCUT2D eigenvalue weighted by Crippen LogP contribution is 2.30. The average Bonchev–Trinajstić information content (AvgIpc) is 2.37. The van der Waals surface area contributed by atoms with E-state index in [9.17, 15) is 0 Å². The maximum Gasteiger partial charge on any atom is 0.0721 e. The van der Waals surface area contributed by atoms with Crippen molar-refractivity contribution >= 4 is 31.9 Å². The molecule has 0 bridgehead atoms. The normalized spacial score (nSPS) is 12.4. The molecule has 0 aliphatic heterocycles. The molecule has 2 aromatic carbocycles. The van der Waals surface area contributed by atoms with E-state index < -0.39 is 0 Å². The van der Waals surface area contributed by atoms with Gasteiger partial charge in [0.2, 0.25) is 0 Å². The van der Waals surface area contributed by atoms with Crippen molar-refractivity contribution in [3.8, 4) is 0 Å². The lowest BCUT2D eigenvalue weighted by Gasteiger charge is -2.19. The summed E-state index contributed by atoms with van der Waals surface area (Å²) in [5.41, 5.74) is 6.36. The van der Waals surface area contributed by atoms with Crippen molar-refractivity contribution in [3.05, 3.63) is 68.1 Å². The van der Waals surface area contributed by atoms with E-state index in [-0.39, 0.29) is 6.04 Å². The third-order valence-corrected chi connectivity index (χ3v) is 4.06. The van der Waals surface area contributed by atoms with Gasteiger partial charge in [0.15, 0.2) is 0 Å². The van der Waals surface area contributed by atoms with Crippen molar-refractivity contribution in [2.75, 3.05) is 0 Å². The summed E-state index contributed by atoms with van der Waals surface area (Å²) < 4.78 is 2.07. The van der Waals surface area contributed by atoms with E-state index in [1.165, 1.54) is 5.56 Å². The van der Waals surface area contributed by atoms with Crippen LogP contribution in [0.15, 0.2) is 51.4 Å². The molecule has 0 heterocycles. The van der Waals surface area contributed by atoms with Crippen molar-refractivity contribution in [1.82, 2.24) is 5.43 Å². The van der Waals surface area contributed by atoms with E-state index in [1.54, 1.807) is 0 Å². The van der Waals surface area contributed by atoms with E-state index in [1.807, 2.05) is 12.1 Å². The fourth-order valence-electron chi connectivity index (χ4n) is 1.86. The van der Waals surface area contributed by atoms with Crippen LogP contribution in [0.2, 0.25) is 0 Å². The lowest BCUT2D eigenvalue weighted by atomic mass is 9.98. The van der Waals surface area contributed by atoms with Gasteiger partial charge in [-0.2, -0.15) is 0 Å². The van der Waals surface area contributed by atoms with Crippen LogP contribution in [-0.4, -0.2) is 0 Å². The zero-order valence-corrected chi connectivity index (χ0v) is 13.1. The molecule has 0 fully saturated rings. The Morgan fingerprint density at radius 2 is 1.72 bits per heavy atom. The summed E-state index contributed by atoms with van der Waals surface area (Å²) in [5.74, 6) is 5.71. The fraction of sp³-hybridized carbons (Fsp3) is 0.143. The summed E-state index contributed by atoms with van der Waals surface area (Å²) in [6.45, 7) is 2.07. The summed E-state index contributed by atoms with van der Waals surface area (Å²) >= 11 is 7.06. The SMILES string of the molecule is Cc1ccc(C(NN)c2cc(Br)ccc2Br)cc1. The molecule has 1 unspecified atom stereocenters. The van der Waals surface area contributed by atoms with Gasteiger partial charge in [0.25, 0.3) is 0 Å². The van der Waals surface area contributed by atoms with Crippen molar-refractivity contribution < 1.29 is 0 Å². The molecule has 2 rings (SSSR count).